The van der Waals surface area contributed by atoms with Gasteiger partial charge in [-0.2, -0.15) is 0 Å². The Bertz CT molecular complexity index is 1090. The molecule has 1 N–H and O–H groups in total. The van der Waals surface area contributed by atoms with Crippen LogP contribution in [0.3, 0.4) is 0 Å². The summed E-state index contributed by atoms with van der Waals surface area (Å²) in [6, 6.07) is 4.34. The standard InChI is InChI=1S/C26H30N2O6/c1-4-17(14-29)28-22-24(31)27(18-13-15(2)8-9-16(18)3)11-6-10-26(22)21(23(28)30)20-19(34-26)7-5-12-33-25(20)32/h5-10,13,17,19-22,29H,4,11-12,14H2,1-3H3/t17-,19+,20-,21-,22?,26-/m0/s1. The lowest BCUT2D eigenvalue weighted by Gasteiger charge is -2.38. The van der Waals surface area contributed by atoms with Crippen LogP contribution >= 0.6 is 0 Å². The van der Waals surface area contributed by atoms with Crippen molar-refractivity contribution in [3.05, 3.63) is 53.6 Å². The number of esters is 1. The second-order valence-corrected chi connectivity index (χ2v) is 9.53. The molecule has 2 fully saturated rings. The number of aliphatic hydroxyl groups is 1. The van der Waals surface area contributed by atoms with Crippen molar-refractivity contribution < 1.29 is 29.0 Å². The molecule has 180 valence electrons. The molecule has 8 heteroatoms. The highest BCUT2D eigenvalue weighted by Gasteiger charge is 2.72. The lowest BCUT2D eigenvalue weighted by atomic mass is 9.78. The first kappa shape index (κ1) is 22.8. The molecule has 1 spiro atoms. The Morgan fingerprint density at radius 3 is 2.71 bits per heavy atom. The van der Waals surface area contributed by atoms with E-state index in [2.05, 4.69) is 0 Å². The van der Waals surface area contributed by atoms with Gasteiger partial charge in [0.25, 0.3) is 5.91 Å². The Hall–Kier alpha value is -2.97. The molecular formula is C26H30N2O6. The molecule has 5 rings (SSSR count). The van der Waals surface area contributed by atoms with E-state index in [4.69, 9.17) is 9.47 Å². The third-order valence-corrected chi connectivity index (χ3v) is 7.58. The number of aryl methyl sites for hydroxylation is 2. The minimum Gasteiger partial charge on any atom is -0.461 e. The average Bonchev–Trinajstić information content (AvgIpc) is 3.12. The zero-order valence-corrected chi connectivity index (χ0v) is 19.6. The number of anilines is 1. The van der Waals surface area contributed by atoms with Crippen molar-refractivity contribution in [2.75, 3.05) is 24.7 Å². The van der Waals surface area contributed by atoms with Crippen LogP contribution < -0.4 is 4.90 Å². The van der Waals surface area contributed by atoms with E-state index >= 15 is 0 Å². The minimum absolute atomic E-state index is 0.125. The second kappa shape index (κ2) is 8.36. The number of cyclic esters (lactones) is 1. The number of carbonyl (C=O) groups is 3. The van der Waals surface area contributed by atoms with E-state index in [1.54, 1.807) is 23.1 Å². The highest BCUT2D eigenvalue weighted by atomic mass is 16.6. The summed E-state index contributed by atoms with van der Waals surface area (Å²) in [5.41, 5.74) is 1.40. The lowest BCUT2D eigenvalue weighted by Crippen LogP contribution is -2.58. The Labute approximate surface area is 198 Å². The van der Waals surface area contributed by atoms with E-state index in [0.29, 0.717) is 13.0 Å². The summed E-state index contributed by atoms with van der Waals surface area (Å²) < 4.78 is 11.8. The largest absolute Gasteiger partial charge is 0.461 e. The molecule has 1 unspecified atom stereocenters. The molecule has 4 aliphatic heterocycles. The van der Waals surface area contributed by atoms with Gasteiger partial charge in [-0.15, -0.1) is 0 Å². The predicted molar refractivity (Wildman–Crippen MR) is 124 cm³/mol. The summed E-state index contributed by atoms with van der Waals surface area (Å²) >= 11 is 0. The molecule has 4 heterocycles. The van der Waals surface area contributed by atoms with Gasteiger partial charge in [-0.3, -0.25) is 14.4 Å². The fraction of sp³-hybridized carbons (Fsp3) is 0.500. The monoisotopic (exact) mass is 466 g/mol. The van der Waals surface area contributed by atoms with E-state index < -0.39 is 41.6 Å². The van der Waals surface area contributed by atoms with Crippen LogP contribution in [0.1, 0.15) is 24.5 Å². The highest BCUT2D eigenvalue weighted by molar-refractivity contribution is 6.06. The van der Waals surface area contributed by atoms with Crippen molar-refractivity contribution in [3.8, 4) is 0 Å². The summed E-state index contributed by atoms with van der Waals surface area (Å²) in [7, 11) is 0. The zero-order valence-electron chi connectivity index (χ0n) is 19.6. The number of likely N-dealkylation sites (tertiary alicyclic amines) is 1. The van der Waals surface area contributed by atoms with Gasteiger partial charge in [0.1, 0.15) is 24.2 Å². The number of fused-ring (bicyclic) bond motifs is 2. The maximum absolute atomic E-state index is 14.3. The van der Waals surface area contributed by atoms with Gasteiger partial charge in [0.2, 0.25) is 5.91 Å². The van der Waals surface area contributed by atoms with E-state index in [-0.39, 0.29) is 25.0 Å². The molecule has 6 atom stereocenters. The fourth-order valence-corrected chi connectivity index (χ4v) is 5.94. The summed E-state index contributed by atoms with van der Waals surface area (Å²) in [4.78, 5) is 44.3. The number of hydrogen-bond donors (Lipinski definition) is 1. The summed E-state index contributed by atoms with van der Waals surface area (Å²) in [5.74, 6) is -2.89. The Balaban J connectivity index is 1.67. The van der Waals surface area contributed by atoms with Crippen molar-refractivity contribution in [2.24, 2.45) is 11.8 Å². The Morgan fingerprint density at radius 2 is 1.97 bits per heavy atom. The van der Waals surface area contributed by atoms with Gasteiger partial charge in [0.15, 0.2) is 0 Å². The quantitative estimate of drug-likeness (QED) is 0.536. The second-order valence-electron chi connectivity index (χ2n) is 9.53. The molecule has 34 heavy (non-hydrogen) atoms. The summed E-state index contributed by atoms with van der Waals surface area (Å²) in [6.07, 6.45) is 6.91. The van der Waals surface area contributed by atoms with Crippen molar-refractivity contribution in [2.45, 2.75) is 51.0 Å². The number of amides is 2. The van der Waals surface area contributed by atoms with Crippen molar-refractivity contribution >= 4 is 23.5 Å². The molecule has 1 aromatic carbocycles. The number of benzene rings is 1. The maximum atomic E-state index is 14.3. The molecule has 0 aromatic heterocycles. The fourth-order valence-electron chi connectivity index (χ4n) is 5.94. The summed E-state index contributed by atoms with van der Waals surface area (Å²) in [6.45, 7) is 5.92. The third-order valence-electron chi connectivity index (χ3n) is 7.58. The van der Waals surface area contributed by atoms with Crippen LogP contribution in [0.5, 0.6) is 0 Å². The van der Waals surface area contributed by atoms with Crippen molar-refractivity contribution in [1.29, 1.82) is 0 Å². The number of hydrogen-bond acceptors (Lipinski definition) is 6. The molecule has 0 radical (unpaired) electrons. The first-order valence-electron chi connectivity index (χ1n) is 11.8. The first-order valence-corrected chi connectivity index (χ1v) is 11.8. The van der Waals surface area contributed by atoms with E-state index in [1.165, 1.54) is 4.90 Å². The van der Waals surface area contributed by atoms with E-state index in [0.717, 1.165) is 16.8 Å². The molecule has 8 nitrogen and oxygen atoms in total. The van der Waals surface area contributed by atoms with Crippen LogP contribution in [0.2, 0.25) is 0 Å². The maximum Gasteiger partial charge on any atom is 0.313 e. The topological polar surface area (TPSA) is 96.4 Å². The van der Waals surface area contributed by atoms with Gasteiger partial charge >= 0.3 is 5.97 Å². The van der Waals surface area contributed by atoms with Crippen LogP contribution in [0.25, 0.3) is 0 Å². The third kappa shape index (κ3) is 3.15. The number of carbonyl (C=O) groups excluding carboxylic acids is 3. The van der Waals surface area contributed by atoms with Crippen LogP contribution in [0, 0.1) is 25.7 Å². The van der Waals surface area contributed by atoms with Crippen molar-refractivity contribution in [1.82, 2.24) is 4.90 Å². The highest BCUT2D eigenvalue weighted by Crippen LogP contribution is 2.54. The zero-order chi connectivity index (χ0) is 24.2. The number of ether oxygens (including phenoxy) is 2. The van der Waals surface area contributed by atoms with E-state index in [9.17, 15) is 19.5 Å². The number of rotatable bonds is 4. The van der Waals surface area contributed by atoms with Crippen molar-refractivity contribution in [3.63, 3.8) is 0 Å². The number of nitrogens with zero attached hydrogens (tertiary/aromatic N) is 2. The van der Waals surface area contributed by atoms with Gasteiger partial charge in [-0.1, -0.05) is 37.3 Å². The molecule has 0 bridgehead atoms. The normalized spacial score (nSPS) is 33.2. The molecule has 2 amide bonds. The SMILES string of the molecule is CC[C@@H](CO)N1C(=O)[C@@H]2[C@H]3C(=O)OCC=C[C@H]3O[C@@]23C=CCN(c2cc(C)ccc2C)C(=O)C13. The molecule has 0 saturated carbocycles. The van der Waals surface area contributed by atoms with Gasteiger partial charge in [-0.05, 0) is 43.5 Å². The van der Waals surface area contributed by atoms with Crippen LogP contribution in [0.15, 0.2) is 42.5 Å². The molecule has 1 aromatic rings. The Kier molecular flexibility index (Phi) is 5.61. The smallest absolute Gasteiger partial charge is 0.313 e. The minimum atomic E-state index is -1.32. The predicted octanol–water partition coefficient (Wildman–Crippen LogP) is 1.67. The lowest BCUT2D eigenvalue weighted by molar-refractivity contribution is -0.153. The van der Waals surface area contributed by atoms with Gasteiger partial charge < -0.3 is 24.4 Å². The number of aliphatic hydroxyl groups excluding tert-OH is 1. The van der Waals surface area contributed by atoms with Crippen LogP contribution in [-0.4, -0.2) is 71.3 Å². The Morgan fingerprint density at radius 1 is 1.18 bits per heavy atom. The molecule has 0 aliphatic carbocycles. The average molecular weight is 467 g/mol. The van der Waals surface area contributed by atoms with E-state index in [1.807, 2.05) is 45.0 Å². The molecule has 4 aliphatic rings. The first-order chi connectivity index (χ1) is 16.3. The van der Waals surface area contributed by atoms with Gasteiger partial charge in [-0.25, -0.2) is 0 Å². The van der Waals surface area contributed by atoms with Crippen LogP contribution in [-0.2, 0) is 23.9 Å². The summed E-state index contributed by atoms with van der Waals surface area (Å²) in [5, 5.41) is 10.1. The molecular weight excluding hydrogens is 436 g/mol. The van der Waals surface area contributed by atoms with Crippen LogP contribution in [0.4, 0.5) is 5.69 Å². The molecule has 2 saturated heterocycles. The van der Waals surface area contributed by atoms with Gasteiger partial charge in [0, 0.05) is 12.2 Å². The van der Waals surface area contributed by atoms with Gasteiger partial charge in [0.05, 0.1) is 24.7 Å².